The number of halogens is 1. The van der Waals surface area contributed by atoms with Crippen LogP contribution in [0.2, 0.25) is 43.8 Å². The largest absolute Gasteiger partial charge is 0.473 e. The first kappa shape index (κ1) is 44.5. The van der Waals surface area contributed by atoms with E-state index in [9.17, 15) is 0 Å². The molecule has 56 heavy (non-hydrogen) atoms. The average molecular weight is 921 g/mol. The first-order valence-corrected chi connectivity index (χ1v) is 27.6. The Bertz CT molecular complexity index is 1940. The van der Waals surface area contributed by atoms with Crippen molar-refractivity contribution in [2.45, 2.75) is 123 Å². The lowest BCUT2D eigenvalue weighted by atomic mass is 10.1. The van der Waals surface area contributed by atoms with Gasteiger partial charge < -0.3 is 23.4 Å². The molecule has 0 saturated carbocycles. The molecule has 0 spiro atoms. The van der Waals surface area contributed by atoms with Crippen LogP contribution >= 0.6 is 22.6 Å². The SMILES string of the molecule is C=Cc1nn(C2CCCCO2)c2cnc(-c3c(C)nn(C)c3O[C@H](C)CN(C)Cc3c(I)c(OCOCC[Si](C)(C)C)nn3CCO[Si](C)(C)C(C)(C)C)cc12. The Labute approximate surface area is 349 Å². The van der Waals surface area contributed by atoms with E-state index in [4.69, 9.17) is 43.7 Å². The Morgan fingerprint density at radius 2 is 1.88 bits per heavy atom. The summed E-state index contributed by atoms with van der Waals surface area (Å²) in [6, 6.07) is 3.16. The van der Waals surface area contributed by atoms with Gasteiger partial charge in [0.1, 0.15) is 6.10 Å². The van der Waals surface area contributed by atoms with E-state index < -0.39 is 16.4 Å². The van der Waals surface area contributed by atoms with Crippen molar-refractivity contribution >= 4 is 56.0 Å². The average Bonchev–Trinajstić information content (AvgIpc) is 3.72. The van der Waals surface area contributed by atoms with Crippen molar-refractivity contribution in [1.82, 2.24) is 39.2 Å². The highest BCUT2D eigenvalue weighted by Crippen LogP contribution is 2.38. The molecule has 0 bridgehead atoms. The molecule has 0 amide bonds. The van der Waals surface area contributed by atoms with Gasteiger partial charge >= 0.3 is 0 Å². The molecule has 2 atom stereocenters. The van der Waals surface area contributed by atoms with Crippen LogP contribution in [0.4, 0.5) is 0 Å². The number of ether oxygens (including phenoxy) is 4. The molecule has 1 fully saturated rings. The third-order valence-corrected chi connectivity index (χ3v) is 18.1. The zero-order chi connectivity index (χ0) is 41.0. The fourth-order valence-corrected chi connectivity index (χ4v) is 9.06. The number of hydrogen-bond acceptors (Lipinski definition) is 10. The number of nitrogens with zero attached hydrogens (tertiary/aromatic N) is 8. The molecular formula is C40H65IN8O5Si2. The van der Waals surface area contributed by atoms with E-state index in [1.165, 1.54) is 0 Å². The summed E-state index contributed by atoms with van der Waals surface area (Å²) in [5.74, 6) is 1.26. The number of likely N-dealkylation sites (N-methyl/N-ethyl adjacent to an activating group) is 1. The second kappa shape index (κ2) is 18.5. The van der Waals surface area contributed by atoms with Gasteiger partial charge in [-0.25, -0.2) is 9.36 Å². The first-order valence-electron chi connectivity index (χ1n) is 19.9. The topological polar surface area (TPSA) is 116 Å². The van der Waals surface area contributed by atoms with Crippen molar-refractivity contribution < 1.29 is 23.4 Å². The summed E-state index contributed by atoms with van der Waals surface area (Å²) in [6.07, 6.45) is 6.53. The highest BCUT2D eigenvalue weighted by Gasteiger charge is 2.37. The molecule has 1 aliphatic rings. The molecule has 1 aliphatic heterocycles. The predicted molar refractivity (Wildman–Crippen MR) is 238 cm³/mol. The summed E-state index contributed by atoms with van der Waals surface area (Å²) >= 11 is 2.36. The lowest BCUT2D eigenvalue weighted by Gasteiger charge is -2.36. The van der Waals surface area contributed by atoms with E-state index >= 15 is 0 Å². The van der Waals surface area contributed by atoms with Crippen LogP contribution in [0.25, 0.3) is 28.2 Å². The Balaban J connectivity index is 1.31. The smallest absolute Gasteiger partial charge is 0.248 e. The molecule has 5 heterocycles. The van der Waals surface area contributed by atoms with Crippen LogP contribution in [-0.4, -0.2) is 102 Å². The van der Waals surface area contributed by atoms with Crippen LogP contribution in [0.3, 0.4) is 0 Å². The van der Waals surface area contributed by atoms with Crippen molar-refractivity contribution in [3.63, 3.8) is 0 Å². The first-order chi connectivity index (χ1) is 26.3. The molecule has 0 radical (unpaired) electrons. The third kappa shape index (κ3) is 10.9. The van der Waals surface area contributed by atoms with E-state index in [2.05, 4.69) is 108 Å². The maximum atomic E-state index is 6.71. The Hall–Kier alpha value is -2.62. The van der Waals surface area contributed by atoms with Crippen LogP contribution < -0.4 is 9.47 Å². The van der Waals surface area contributed by atoms with Gasteiger partial charge in [0.2, 0.25) is 11.8 Å². The van der Waals surface area contributed by atoms with E-state index in [0.29, 0.717) is 44.6 Å². The molecule has 16 heteroatoms. The maximum Gasteiger partial charge on any atom is 0.248 e. The fraction of sp³-hybridized carbons (Fsp3) is 0.650. The molecule has 0 N–H and O–H groups in total. The van der Waals surface area contributed by atoms with Crippen LogP contribution in [-0.2, 0) is 34.0 Å². The molecule has 310 valence electrons. The molecule has 4 aromatic heterocycles. The van der Waals surface area contributed by atoms with Gasteiger partial charge in [0, 0.05) is 46.8 Å². The number of rotatable bonds is 19. The van der Waals surface area contributed by atoms with Crippen molar-refractivity contribution in [2.24, 2.45) is 7.05 Å². The van der Waals surface area contributed by atoms with Crippen molar-refractivity contribution in [2.75, 3.05) is 40.2 Å². The Morgan fingerprint density at radius 3 is 2.54 bits per heavy atom. The summed E-state index contributed by atoms with van der Waals surface area (Å²) < 4.78 is 38.1. The molecule has 1 saturated heterocycles. The highest BCUT2D eigenvalue weighted by molar-refractivity contribution is 14.1. The zero-order valence-electron chi connectivity index (χ0n) is 35.9. The van der Waals surface area contributed by atoms with Gasteiger partial charge in [-0.05, 0) is 99.1 Å². The predicted octanol–water partition coefficient (Wildman–Crippen LogP) is 8.90. The van der Waals surface area contributed by atoms with Gasteiger partial charge in [-0.15, -0.1) is 5.10 Å². The normalized spacial score (nSPS) is 16.2. The molecule has 0 aliphatic carbocycles. The second-order valence-electron chi connectivity index (χ2n) is 17.8. The number of hydrogen-bond donors (Lipinski definition) is 0. The summed E-state index contributed by atoms with van der Waals surface area (Å²) in [5, 5.41) is 15.6. The molecule has 4 aromatic rings. The van der Waals surface area contributed by atoms with Crippen LogP contribution in [0.5, 0.6) is 11.8 Å². The number of pyridine rings is 1. The second-order valence-corrected chi connectivity index (χ2v) is 29.3. The minimum atomic E-state index is -1.92. The third-order valence-electron chi connectivity index (χ3n) is 10.8. The van der Waals surface area contributed by atoms with E-state index in [1.54, 1.807) is 10.8 Å². The van der Waals surface area contributed by atoms with Gasteiger partial charge in [-0.2, -0.15) is 10.2 Å². The van der Waals surface area contributed by atoms with Gasteiger partial charge in [-0.3, -0.25) is 14.6 Å². The molecule has 13 nitrogen and oxygen atoms in total. The lowest BCUT2D eigenvalue weighted by molar-refractivity contribution is -0.0367. The monoisotopic (exact) mass is 920 g/mol. The number of aryl methyl sites for hydroxylation is 2. The van der Waals surface area contributed by atoms with Crippen LogP contribution in [0, 0.1) is 10.5 Å². The maximum absolute atomic E-state index is 6.71. The number of aromatic nitrogens is 7. The quantitative estimate of drug-likeness (QED) is 0.0391. The lowest BCUT2D eigenvalue weighted by Crippen LogP contribution is -2.41. The molecular weight excluding hydrogens is 856 g/mol. The summed E-state index contributed by atoms with van der Waals surface area (Å²) in [7, 11) is 0.909. The molecule has 5 rings (SSSR count). The summed E-state index contributed by atoms with van der Waals surface area (Å²) in [4.78, 5) is 7.18. The number of fused-ring (bicyclic) bond motifs is 1. The van der Waals surface area contributed by atoms with E-state index in [0.717, 1.165) is 74.7 Å². The standard InChI is InChI=1S/C40H65IN8O5Si2/c1-14-31-30-23-32(42-24-33(30)49(44-31)35-17-15-16-19-51-35)36-29(3)43-47(8)39(36)54-28(2)25-46(7)26-34-37(41)38(52-27-50-21-22-55(9,10)11)45-48(34)18-20-53-56(12,13)40(4,5)6/h14,23-24,28,35H,1,15-22,25-27H2,2-13H3/t28-,35?/m1/s1. The van der Waals surface area contributed by atoms with Gasteiger partial charge in [0.25, 0.3) is 0 Å². The van der Waals surface area contributed by atoms with Gasteiger partial charge in [0.05, 0.1) is 56.8 Å². The van der Waals surface area contributed by atoms with Gasteiger partial charge in [0.15, 0.2) is 21.3 Å². The molecule has 0 aromatic carbocycles. The summed E-state index contributed by atoms with van der Waals surface area (Å²) in [5.41, 5.74) is 5.29. The van der Waals surface area contributed by atoms with E-state index in [1.807, 2.05) is 29.5 Å². The Kier molecular flexibility index (Phi) is 14.7. The van der Waals surface area contributed by atoms with Crippen molar-refractivity contribution in [3.05, 3.63) is 39.5 Å². The Morgan fingerprint density at radius 1 is 1.12 bits per heavy atom. The zero-order valence-corrected chi connectivity index (χ0v) is 40.0. The van der Waals surface area contributed by atoms with Crippen LogP contribution in [0.1, 0.15) is 70.3 Å². The van der Waals surface area contributed by atoms with Gasteiger partial charge in [-0.1, -0.05) is 47.0 Å². The molecule has 1 unspecified atom stereocenters. The van der Waals surface area contributed by atoms with Crippen LogP contribution in [0.15, 0.2) is 18.8 Å². The van der Waals surface area contributed by atoms with Crippen molar-refractivity contribution in [1.29, 1.82) is 0 Å². The minimum absolute atomic E-state index is 0.0975. The minimum Gasteiger partial charge on any atom is -0.473 e. The van der Waals surface area contributed by atoms with Crippen molar-refractivity contribution in [3.8, 4) is 23.0 Å². The fourth-order valence-electron chi connectivity index (χ4n) is 6.55. The van der Waals surface area contributed by atoms with E-state index in [-0.39, 0.29) is 24.2 Å². The highest BCUT2D eigenvalue weighted by atomic mass is 127. The summed E-state index contributed by atoms with van der Waals surface area (Å²) in [6.45, 7) is 30.7.